The second-order valence-corrected chi connectivity index (χ2v) is 3.78. The molecule has 0 aliphatic carbocycles. The minimum Gasteiger partial charge on any atom is -0.445 e. The highest BCUT2D eigenvalue weighted by atomic mass is 16.4. The molecule has 0 radical (unpaired) electrons. The summed E-state index contributed by atoms with van der Waals surface area (Å²) in [6.07, 6.45) is 0.542. The third-order valence-electron chi connectivity index (χ3n) is 2.43. The van der Waals surface area contributed by atoms with Crippen molar-refractivity contribution in [2.45, 2.75) is 12.3 Å². The molecule has 1 N–H and O–H groups in total. The lowest BCUT2D eigenvalue weighted by atomic mass is 10.1. The number of hydrogen-bond acceptors (Lipinski definition) is 3. The van der Waals surface area contributed by atoms with Crippen LogP contribution in [0.15, 0.2) is 16.5 Å². The van der Waals surface area contributed by atoms with Gasteiger partial charge in [-0.2, -0.15) is 0 Å². The number of carbonyl (C=O) groups is 1. The topological polar surface area (TPSA) is 45.5 Å². The Morgan fingerprint density at radius 2 is 2.29 bits per heavy atom. The largest absolute Gasteiger partial charge is 0.445 e. The van der Waals surface area contributed by atoms with Crippen LogP contribution in [0.2, 0.25) is 0 Å². The molecule has 4 heteroatoms. The van der Waals surface area contributed by atoms with Crippen LogP contribution in [0.3, 0.4) is 0 Å². The molecule has 1 aromatic heterocycles. The Hall–Kier alpha value is -1.45. The van der Waals surface area contributed by atoms with E-state index in [0.717, 1.165) is 11.6 Å². The van der Waals surface area contributed by atoms with Crippen molar-refractivity contribution < 1.29 is 9.21 Å². The maximum Gasteiger partial charge on any atom is 0.220 e. The maximum absolute atomic E-state index is 11.0. The van der Waals surface area contributed by atoms with E-state index in [4.69, 9.17) is 4.42 Å². The van der Waals surface area contributed by atoms with Crippen molar-refractivity contribution in [2.75, 3.05) is 25.5 Å². The van der Waals surface area contributed by atoms with E-state index in [1.165, 1.54) is 0 Å². The number of hydrogen-bond donors (Lipinski definition) is 1. The molecular weight excluding hydrogens is 180 g/mol. The normalized spacial score (nSPS) is 21.0. The third-order valence-corrected chi connectivity index (χ3v) is 2.43. The average molecular weight is 194 g/mol. The number of nitrogens with one attached hydrogen (secondary N) is 1. The first-order chi connectivity index (χ1) is 6.66. The van der Waals surface area contributed by atoms with Crippen molar-refractivity contribution in [3.63, 3.8) is 0 Å². The summed E-state index contributed by atoms with van der Waals surface area (Å²) in [6, 6.07) is 3.87. The molecule has 14 heavy (non-hydrogen) atoms. The van der Waals surface area contributed by atoms with Crippen LogP contribution >= 0.6 is 0 Å². The van der Waals surface area contributed by atoms with Crippen molar-refractivity contribution in [1.82, 2.24) is 5.32 Å². The highest BCUT2D eigenvalue weighted by Gasteiger charge is 2.25. The smallest absolute Gasteiger partial charge is 0.220 e. The summed E-state index contributed by atoms with van der Waals surface area (Å²) in [7, 11) is 3.86. The Balaban J connectivity index is 2.13. The number of anilines is 1. The quantitative estimate of drug-likeness (QED) is 0.762. The van der Waals surface area contributed by atoms with Gasteiger partial charge in [0.15, 0.2) is 5.88 Å². The molecule has 1 aliphatic rings. The zero-order chi connectivity index (χ0) is 10.1. The van der Waals surface area contributed by atoms with Crippen LogP contribution in [0.5, 0.6) is 0 Å². The van der Waals surface area contributed by atoms with E-state index >= 15 is 0 Å². The van der Waals surface area contributed by atoms with Gasteiger partial charge in [0.1, 0.15) is 5.76 Å². The fourth-order valence-electron chi connectivity index (χ4n) is 1.61. The molecular formula is C10H14N2O2. The summed E-state index contributed by atoms with van der Waals surface area (Å²) in [6.45, 7) is 0.694. The molecule has 1 atom stereocenters. The Morgan fingerprint density at radius 1 is 1.50 bits per heavy atom. The molecule has 1 unspecified atom stereocenters. The monoisotopic (exact) mass is 194 g/mol. The Bertz CT molecular complexity index is 344. The van der Waals surface area contributed by atoms with Crippen LogP contribution in [0.1, 0.15) is 18.1 Å². The van der Waals surface area contributed by atoms with Crippen LogP contribution < -0.4 is 10.2 Å². The minimum absolute atomic E-state index is 0.109. The third kappa shape index (κ3) is 1.60. The number of nitrogens with zero attached hydrogens (tertiary/aromatic N) is 1. The van der Waals surface area contributed by atoms with Crippen molar-refractivity contribution in [2.24, 2.45) is 0 Å². The molecule has 0 aromatic carbocycles. The van der Waals surface area contributed by atoms with Gasteiger partial charge in [0.25, 0.3) is 0 Å². The van der Waals surface area contributed by atoms with Gasteiger partial charge in [-0.3, -0.25) is 4.79 Å². The van der Waals surface area contributed by atoms with E-state index < -0.39 is 0 Å². The van der Waals surface area contributed by atoms with Gasteiger partial charge >= 0.3 is 0 Å². The van der Waals surface area contributed by atoms with Crippen LogP contribution in [0.25, 0.3) is 0 Å². The van der Waals surface area contributed by atoms with Gasteiger partial charge in [0.2, 0.25) is 5.91 Å². The van der Waals surface area contributed by atoms with Gasteiger partial charge in [-0.05, 0) is 6.07 Å². The van der Waals surface area contributed by atoms with E-state index in [-0.39, 0.29) is 11.8 Å². The molecule has 1 fully saturated rings. The fraction of sp³-hybridized carbons (Fsp3) is 0.500. The molecule has 0 spiro atoms. The molecule has 1 aliphatic heterocycles. The molecule has 2 rings (SSSR count). The van der Waals surface area contributed by atoms with Crippen molar-refractivity contribution in [1.29, 1.82) is 0 Å². The van der Waals surface area contributed by atoms with Crippen LogP contribution in [-0.4, -0.2) is 26.5 Å². The van der Waals surface area contributed by atoms with Crippen molar-refractivity contribution in [3.8, 4) is 0 Å². The van der Waals surface area contributed by atoms with Crippen molar-refractivity contribution in [3.05, 3.63) is 17.9 Å². The summed E-state index contributed by atoms with van der Waals surface area (Å²) < 4.78 is 5.61. The molecule has 4 nitrogen and oxygen atoms in total. The molecule has 76 valence electrons. The summed E-state index contributed by atoms with van der Waals surface area (Å²) in [5.41, 5.74) is 0. The Kier molecular flexibility index (Phi) is 2.19. The summed E-state index contributed by atoms with van der Waals surface area (Å²) in [5, 5.41) is 2.79. The van der Waals surface area contributed by atoms with E-state index in [1.54, 1.807) is 0 Å². The van der Waals surface area contributed by atoms with E-state index in [9.17, 15) is 4.79 Å². The van der Waals surface area contributed by atoms with Crippen LogP contribution in [-0.2, 0) is 4.79 Å². The predicted molar refractivity (Wildman–Crippen MR) is 53.4 cm³/mol. The summed E-state index contributed by atoms with van der Waals surface area (Å²) in [5.74, 6) is 2.04. The molecule has 0 bridgehead atoms. The van der Waals surface area contributed by atoms with E-state index in [1.807, 2.05) is 31.1 Å². The second kappa shape index (κ2) is 3.36. The predicted octanol–water partition coefficient (Wildman–Crippen LogP) is 0.949. The number of furan rings is 1. The lowest BCUT2D eigenvalue weighted by Crippen LogP contribution is -2.13. The molecule has 2 heterocycles. The van der Waals surface area contributed by atoms with Gasteiger partial charge in [-0.15, -0.1) is 0 Å². The standard InChI is InChI=1S/C10H14N2O2/c1-12(2)10-4-3-8(14-10)7-5-9(13)11-6-7/h3-4,7H,5-6H2,1-2H3,(H,11,13). The highest BCUT2D eigenvalue weighted by molar-refractivity contribution is 5.79. The van der Waals surface area contributed by atoms with Gasteiger partial charge in [0, 0.05) is 39.0 Å². The van der Waals surface area contributed by atoms with Gasteiger partial charge in [-0.25, -0.2) is 0 Å². The minimum atomic E-state index is 0.109. The number of carbonyl (C=O) groups excluding carboxylic acids is 1. The lowest BCUT2D eigenvalue weighted by Gasteiger charge is -2.07. The van der Waals surface area contributed by atoms with Gasteiger partial charge in [-0.1, -0.05) is 0 Å². The lowest BCUT2D eigenvalue weighted by molar-refractivity contribution is -0.119. The first-order valence-electron chi connectivity index (χ1n) is 4.70. The summed E-state index contributed by atoms with van der Waals surface area (Å²) in [4.78, 5) is 12.9. The average Bonchev–Trinajstić information content (AvgIpc) is 2.70. The molecule has 1 amide bonds. The zero-order valence-electron chi connectivity index (χ0n) is 8.41. The van der Waals surface area contributed by atoms with Crippen LogP contribution in [0.4, 0.5) is 5.88 Å². The highest BCUT2D eigenvalue weighted by Crippen LogP contribution is 2.27. The second-order valence-electron chi connectivity index (χ2n) is 3.78. The number of amides is 1. The Morgan fingerprint density at radius 3 is 2.79 bits per heavy atom. The van der Waals surface area contributed by atoms with Gasteiger partial charge < -0.3 is 14.6 Å². The van der Waals surface area contributed by atoms with E-state index in [2.05, 4.69) is 5.32 Å². The summed E-state index contributed by atoms with van der Waals surface area (Å²) >= 11 is 0. The van der Waals surface area contributed by atoms with Crippen molar-refractivity contribution >= 4 is 11.8 Å². The fourth-order valence-corrected chi connectivity index (χ4v) is 1.61. The SMILES string of the molecule is CN(C)c1ccc(C2CNC(=O)C2)o1. The first-order valence-corrected chi connectivity index (χ1v) is 4.70. The zero-order valence-corrected chi connectivity index (χ0v) is 8.41. The van der Waals surface area contributed by atoms with E-state index in [0.29, 0.717) is 13.0 Å². The number of rotatable bonds is 2. The van der Waals surface area contributed by atoms with Gasteiger partial charge in [0.05, 0.1) is 0 Å². The molecule has 1 aromatic rings. The Labute approximate surface area is 82.9 Å². The first kappa shape index (κ1) is 9.12. The molecule has 0 saturated carbocycles. The van der Waals surface area contributed by atoms with Crippen LogP contribution in [0, 0.1) is 0 Å². The molecule has 1 saturated heterocycles. The maximum atomic E-state index is 11.0.